The molecule has 1 aliphatic heterocycles. The summed E-state index contributed by atoms with van der Waals surface area (Å²) in [6.07, 6.45) is 2.25. The van der Waals surface area contributed by atoms with Gasteiger partial charge in [-0.3, -0.25) is 0 Å². The number of para-hydroxylation sites is 1. The Labute approximate surface area is 364 Å². The molecule has 1 aliphatic rings. The van der Waals surface area contributed by atoms with Crippen LogP contribution < -0.4 is 5.32 Å². The van der Waals surface area contributed by atoms with Gasteiger partial charge >= 0.3 is 0 Å². The van der Waals surface area contributed by atoms with E-state index in [2.05, 4.69) is 228 Å². The molecule has 62 heavy (non-hydrogen) atoms. The monoisotopic (exact) mass is 809 g/mol. The van der Waals surface area contributed by atoms with Crippen LogP contribution in [-0.4, -0.2) is 10.4 Å². The number of thiophene rings is 1. The minimum Gasteiger partial charge on any atom is -0.359 e. The molecule has 1 atom stereocenters. The highest BCUT2D eigenvalue weighted by molar-refractivity contribution is 7.25. The van der Waals surface area contributed by atoms with Crippen molar-refractivity contribution >= 4 is 64.8 Å². The summed E-state index contributed by atoms with van der Waals surface area (Å²) >= 11 is 1.86. The Morgan fingerprint density at radius 2 is 0.935 bits per heavy atom. The molecule has 11 aromatic rings. The molecule has 4 heteroatoms. The van der Waals surface area contributed by atoms with Gasteiger partial charge in [-0.25, -0.2) is 4.99 Å². The maximum Gasteiger partial charge on any atom is 0.134 e. The fourth-order valence-corrected chi connectivity index (χ4v) is 10.2. The summed E-state index contributed by atoms with van der Waals surface area (Å²) in [6.45, 7) is 0. The SMILES string of the molecule is C1=C(c2ccc(-c3ccccc3)cc2)N=C(c2ccccc2)NC1c1ccc(-n2c3ccccc3c3cc(-c4cccc(-c5ccc6sc7ccccc7c6c5)c4)ccc32)cc1. The summed E-state index contributed by atoms with van der Waals surface area (Å²) in [5, 5.41) is 8.88. The molecule has 292 valence electrons. The van der Waals surface area contributed by atoms with Crippen molar-refractivity contribution in [2.24, 2.45) is 4.99 Å². The lowest BCUT2D eigenvalue weighted by Gasteiger charge is -2.25. The van der Waals surface area contributed by atoms with Crippen LogP contribution in [0.5, 0.6) is 0 Å². The number of benzene rings is 9. The molecule has 0 radical (unpaired) electrons. The summed E-state index contributed by atoms with van der Waals surface area (Å²) in [6, 6.07) is 78.9. The fourth-order valence-electron chi connectivity index (χ4n) is 9.13. The van der Waals surface area contributed by atoms with Crippen LogP contribution in [0.15, 0.2) is 229 Å². The van der Waals surface area contributed by atoms with E-state index in [4.69, 9.17) is 4.99 Å². The molecule has 0 saturated heterocycles. The highest BCUT2D eigenvalue weighted by Crippen LogP contribution is 2.39. The van der Waals surface area contributed by atoms with Crippen molar-refractivity contribution < 1.29 is 0 Å². The first-order valence-electron chi connectivity index (χ1n) is 21.1. The lowest BCUT2D eigenvalue weighted by atomic mass is 9.97. The minimum absolute atomic E-state index is 0.0662. The lowest BCUT2D eigenvalue weighted by Crippen LogP contribution is -2.31. The standard InChI is InChI=1S/C58H39N3S/c1-3-12-38(13-4-1)39-22-24-40(25-23-39)52-37-53(60-58(59-52)42-14-5-2-6-15-42)41-26-30-47(31-27-41)61-54-20-9-7-18-48(54)50-35-45(28-32-55(50)61)43-16-11-17-44(34-43)46-29-33-57-51(36-46)49-19-8-10-21-56(49)62-57/h1-37,53H,(H,59,60). The molecule has 3 nitrogen and oxygen atoms in total. The van der Waals surface area contributed by atoms with Crippen molar-refractivity contribution in [2.75, 3.05) is 0 Å². The first kappa shape index (κ1) is 36.1. The number of rotatable bonds is 7. The number of hydrogen-bond donors (Lipinski definition) is 1. The third kappa shape index (κ3) is 6.40. The zero-order chi connectivity index (χ0) is 41.0. The molecule has 0 saturated carbocycles. The zero-order valence-corrected chi connectivity index (χ0v) is 34.6. The van der Waals surface area contributed by atoms with Gasteiger partial charge in [-0.05, 0) is 105 Å². The molecule has 2 aromatic heterocycles. The van der Waals surface area contributed by atoms with Crippen molar-refractivity contribution in [3.63, 3.8) is 0 Å². The molecule has 0 fully saturated rings. The van der Waals surface area contributed by atoms with Gasteiger partial charge in [-0.1, -0.05) is 164 Å². The second-order valence-electron chi connectivity index (χ2n) is 16.0. The number of fused-ring (bicyclic) bond motifs is 6. The van der Waals surface area contributed by atoms with Crippen molar-refractivity contribution in [1.29, 1.82) is 0 Å². The van der Waals surface area contributed by atoms with Crippen LogP contribution in [-0.2, 0) is 0 Å². The molecule has 3 heterocycles. The van der Waals surface area contributed by atoms with Crippen LogP contribution in [0, 0.1) is 0 Å². The fraction of sp³-hybridized carbons (Fsp3) is 0.0172. The maximum absolute atomic E-state index is 5.16. The summed E-state index contributed by atoms with van der Waals surface area (Å²) in [5.41, 5.74) is 15.0. The third-order valence-corrected chi connectivity index (χ3v) is 13.4. The predicted octanol–water partition coefficient (Wildman–Crippen LogP) is 15.3. The van der Waals surface area contributed by atoms with Gasteiger partial charge in [0.25, 0.3) is 0 Å². The lowest BCUT2D eigenvalue weighted by molar-refractivity contribution is 0.780. The van der Waals surface area contributed by atoms with Crippen molar-refractivity contribution in [2.45, 2.75) is 6.04 Å². The van der Waals surface area contributed by atoms with Crippen molar-refractivity contribution in [3.8, 4) is 39.1 Å². The van der Waals surface area contributed by atoms with Gasteiger partial charge in [0.05, 0.1) is 22.8 Å². The molecule has 1 unspecified atom stereocenters. The van der Waals surface area contributed by atoms with Crippen LogP contribution in [0.4, 0.5) is 0 Å². The van der Waals surface area contributed by atoms with E-state index in [9.17, 15) is 0 Å². The smallest absolute Gasteiger partial charge is 0.134 e. The van der Waals surface area contributed by atoms with Gasteiger partial charge in [-0.15, -0.1) is 11.3 Å². The molecule has 0 aliphatic carbocycles. The van der Waals surface area contributed by atoms with E-state index in [1.807, 2.05) is 17.4 Å². The number of nitrogens with zero attached hydrogens (tertiary/aromatic N) is 2. The first-order valence-corrected chi connectivity index (χ1v) is 22.0. The Kier molecular flexibility index (Phi) is 8.75. The Morgan fingerprint density at radius 3 is 1.71 bits per heavy atom. The van der Waals surface area contributed by atoms with Gasteiger partial charge in [0, 0.05) is 42.2 Å². The number of aromatic nitrogens is 1. The summed E-state index contributed by atoms with van der Waals surface area (Å²) in [5.74, 6) is 0.866. The predicted molar refractivity (Wildman–Crippen MR) is 263 cm³/mol. The average Bonchev–Trinajstić information content (AvgIpc) is 3.90. The molecule has 0 bridgehead atoms. The highest BCUT2D eigenvalue weighted by Gasteiger charge is 2.21. The van der Waals surface area contributed by atoms with Crippen LogP contribution in [0.25, 0.3) is 86.7 Å². The molecule has 0 spiro atoms. The van der Waals surface area contributed by atoms with E-state index < -0.39 is 0 Å². The van der Waals surface area contributed by atoms with E-state index in [1.54, 1.807) is 0 Å². The Hall–Kier alpha value is -7.79. The Balaban J connectivity index is 0.883. The number of aliphatic imine (C=N–C) groups is 1. The summed E-state index contributed by atoms with van der Waals surface area (Å²) < 4.78 is 5.06. The second kappa shape index (κ2) is 15.0. The minimum atomic E-state index is -0.0662. The Bertz CT molecular complexity index is 3520. The van der Waals surface area contributed by atoms with E-state index in [0.717, 1.165) is 28.3 Å². The quantitative estimate of drug-likeness (QED) is 0.171. The van der Waals surface area contributed by atoms with E-state index in [1.165, 1.54) is 80.9 Å². The normalized spacial score (nSPS) is 14.0. The molecular formula is C58H39N3S. The van der Waals surface area contributed by atoms with Gasteiger partial charge in [0.2, 0.25) is 0 Å². The highest BCUT2D eigenvalue weighted by atomic mass is 32.1. The van der Waals surface area contributed by atoms with Gasteiger partial charge in [0.15, 0.2) is 0 Å². The number of amidine groups is 1. The van der Waals surface area contributed by atoms with Crippen LogP contribution >= 0.6 is 11.3 Å². The average molecular weight is 810 g/mol. The van der Waals surface area contributed by atoms with Gasteiger partial charge in [-0.2, -0.15) is 0 Å². The van der Waals surface area contributed by atoms with E-state index in [-0.39, 0.29) is 6.04 Å². The van der Waals surface area contributed by atoms with E-state index in [0.29, 0.717) is 0 Å². The molecule has 12 rings (SSSR count). The topological polar surface area (TPSA) is 29.3 Å². The number of hydrogen-bond acceptors (Lipinski definition) is 3. The van der Waals surface area contributed by atoms with Gasteiger partial charge in [0.1, 0.15) is 5.84 Å². The molecular weight excluding hydrogens is 771 g/mol. The van der Waals surface area contributed by atoms with Crippen molar-refractivity contribution in [3.05, 3.63) is 241 Å². The third-order valence-electron chi connectivity index (χ3n) is 12.3. The van der Waals surface area contributed by atoms with E-state index >= 15 is 0 Å². The summed E-state index contributed by atoms with van der Waals surface area (Å²) in [7, 11) is 0. The molecule has 0 amide bonds. The second-order valence-corrected chi connectivity index (χ2v) is 17.1. The number of nitrogens with one attached hydrogen (secondary N) is 1. The maximum atomic E-state index is 5.16. The zero-order valence-electron chi connectivity index (χ0n) is 33.7. The van der Waals surface area contributed by atoms with Crippen LogP contribution in [0.1, 0.15) is 22.7 Å². The molecule has 9 aromatic carbocycles. The Morgan fingerprint density at radius 1 is 0.387 bits per heavy atom. The summed E-state index contributed by atoms with van der Waals surface area (Å²) in [4.78, 5) is 5.16. The largest absolute Gasteiger partial charge is 0.359 e. The molecule has 1 N–H and O–H groups in total. The first-order chi connectivity index (χ1) is 30.7. The van der Waals surface area contributed by atoms with Crippen LogP contribution in [0.3, 0.4) is 0 Å². The van der Waals surface area contributed by atoms with Crippen LogP contribution in [0.2, 0.25) is 0 Å². The van der Waals surface area contributed by atoms with Gasteiger partial charge < -0.3 is 9.88 Å². The van der Waals surface area contributed by atoms with Crippen molar-refractivity contribution in [1.82, 2.24) is 9.88 Å².